The molecule has 4 rings (SSSR count). The third-order valence-corrected chi connectivity index (χ3v) is 5.24. The first kappa shape index (κ1) is 18.0. The number of hydrogen-bond acceptors (Lipinski definition) is 6. The van der Waals surface area contributed by atoms with Gasteiger partial charge < -0.3 is 23.5 Å². The maximum absolute atomic E-state index is 12.7. The van der Waals surface area contributed by atoms with Gasteiger partial charge in [0.1, 0.15) is 11.5 Å². The van der Waals surface area contributed by atoms with Crippen molar-refractivity contribution >= 4 is 5.91 Å². The lowest BCUT2D eigenvalue weighted by Crippen LogP contribution is -2.47. The molecule has 1 aromatic heterocycles. The minimum atomic E-state index is -0.470. The first-order chi connectivity index (χ1) is 13.1. The molecule has 0 bridgehead atoms. The molecule has 1 spiro atoms. The van der Waals surface area contributed by atoms with E-state index < -0.39 is 5.79 Å². The topological polar surface area (TPSA) is 74.0 Å². The van der Waals surface area contributed by atoms with Gasteiger partial charge in [0.15, 0.2) is 5.79 Å². The molecule has 27 heavy (non-hydrogen) atoms. The summed E-state index contributed by atoms with van der Waals surface area (Å²) in [6, 6.07) is 7.50. The van der Waals surface area contributed by atoms with Crippen molar-refractivity contribution < 1.29 is 23.4 Å². The Balaban J connectivity index is 1.40. The van der Waals surface area contributed by atoms with Crippen LogP contribution in [0.25, 0.3) is 11.5 Å². The second kappa shape index (κ2) is 7.32. The number of rotatable bonds is 4. The van der Waals surface area contributed by atoms with Gasteiger partial charge in [0, 0.05) is 31.5 Å². The van der Waals surface area contributed by atoms with Gasteiger partial charge in [0.05, 0.1) is 32.4 Å². The van der Waals surface area contributed by atoms with Crippen molar-refractivity contribution in [2.75, 3.05) is 33.4 Å². The van der Waals surface area contributed by atoms with Gasteiger partial charge in [-0.1, -0.05) is 0 Å². The second-order valence-electron chi connectivity index (χ2n) is 6.92. The highest BCUT2D eigenvalue weighted by atomic mass is 16.7. The summed E-state index contributed by atoms with van der Waals surface area (Å²) in [7, 11) is 1.63. The van der Waals surface area contributed by atoms with Crippen LogP contribution < -0.4 is 4.74 Å². The fourth-order valence-corrected chi connectivity index (χ4v) is 3.59. The summed E-state index contributed by atoms with van der Waals surface area (Å²) >= 11 is 0. The highest BCUT2D eigenvalue weighted by Crippen LogP contribution is 2.31. The molecular weight excluding hydrogens is 348 g/mol. The molecule has 0 radical (unpaired) electrons. The maximum atomic E-state index is 12.7. The van der Waals surface area contributed by atoms with Crippen molar-refractivity contribution in [1.29, 1.82) is 0 Å². The van der Waals surface area contributed by atoms with Crippen molar-refractivity contribution in [3.8, 4) is 17.2 Å². The van der Waals surface area contributed by atoms with E-state index in [1.807, 2.05) is 36.1 Å². The van der Waals surface area contributed by atoms with Crippen LogP contribution in [0.2, 0.25) is 0 Å². The smallest absolute Gasteiger partial charge is 0.228 e. The molecule has 7 nitrogen and oxygen atoms in total. The number of hydrogen-bond donors (Lipinski definition) is 0. The normalized spacial score (nSPS) is 18.8. The van der Waals surface area contributed by atoms with E-state index in [9.17, 15) is 4.79 Å². The molecule has 2 aromatic rings. The number of aryl methyl sites for hydroxylation is 1. The summed E-state index contributed by atoms with van der Waals surface area (Å²) < 4.78 is 22.4. The second-order valence-corrected chi connectivity index (χ2v) is 6.92. The number of aromatic nitrogens is 1. The third-order valence-electron chi connectivity index (χ3n) is 5.24. The van der Waals surface area contributed by atoms with Crippen LogP contribution in [-0.4, -0.2) is 55.0 Å². The Hall–Kier alpha value is -2.38. The number of piperidine rings is 1. The number of amides is 1. The lowest BCUT2D eigenvalue weighted by molar-refractivity contribution is -0.187. The van der Waals surface area contributed by atoms with Crippen LogP contribution in [0.3, 0.4) is 0 Å². The molecule has 0 N–H and O–H groups in total. The van der Waals surface area contributed by atoms with Gasteiger partial charge in [-0.15, -0.1) is 0 Å². The standard InChI is InChI=1S/C20H24N2O5/c1-14-17(21-19(27-14)15-3-5-16(24-2)6-4-15)13-18(23)22-9-7-20(8-10-22)25-11-12-26-20/h3-6H,7-13H2,1-2H3. The van der Waals surface area contributed by atoms with Gasteiger partial charge in [0.2, 0.25) is 11.8 Å². The Morgan fingerprint density at radius 2 is 1.85 bits per heavy atom. The summed E-state index contributed by atoms with van der Waals surface area (Å²) in [4.78, 5) is 19.1. The highest BCUT2D eigenvalue weighted by molar-refractivity contribution is 5.78. The molecule has 7 heteroatoms. The van der Waals surface area contributed by atoms with E-state index in [0.717, 1.165) is 11.3 Å². The molecule has 0 saturated carbocycles. The van der Waals surface area contributed by atoms with Gasteiger partial charge in [0.25, 0.3) is 0 Å². The van der Waals surface area contributed by atoms with Crippen LogP contribution in [-0.2, 0) is 20.7 Å². The monoisotopic (exact) mass is 372 g/mol. The minimum Gasteiger partial charge on any atom is -0.497 e. The number of benzene rings is 1. The van der Waals surface area contributed by atoms with E-state index in [4.69, 9.17) is 18.6 Å². The van der Waals surface area contributed by atoms with Crippen molar-refractivity contribution in [3.63, 3.8) is 0 Å². The summed E-state index contributed by atoms with van der Waals surface area (Å²) in [5, 5.41) is 0. The van der Waals surface area contributed by atoms with E-state index >= 15 is 0 Å². The maximum Gasteiger partial charge on any atom is 0.228 e. The first-order valence-corrected chi connectivity index (χ1v) is 9.25. The quantitative estimate of drug-likeness (QED) is 0.821. The van der Waals surface area contributed by atoms with Gasteiger partial charge in [-0.25, -0.2) is 4.98 Å². The van der Waals surface area contributed by atoms with E-state index in [2.05, 4.69) is 4.98 Å². The molecule has 2 aliphatic heterocycles. The van der Waals surface area contributed by atoms with Crippen molar-refractivity contribution in [2.24, 2.45) is 0 Å². The molecular formula is C20H24N2O5. The molecule has 1 amide bonds. The van der Waals surface area contributed by atoms with E-state index in [1.165, 1.54) is 0 Å². The van der Waals surface area contributed by atoms with Crippen molar-refractivity contribution in [2.45, 2.75) is 32.0 Å². The van der Waals surface area contributed by atoms with Gasteiger partial charge >= 0.3 is 0 Å². The number of oxazole rings is 1. The summed E-state index contributed by atoms with van der Waals surface area (Å²) in [5.41, 5.74) is 1.53. The van der Waals surface area contributed by atoms with Crippen LogP contribution in [0.5, 0.6) is 5.75 Å². The zero-order valence-electron chi connectivity index (χ0n) is 15.7. The minimum absolute atomic E-state index is 0.0560. The van der Waals surface area contributed by atoms with Gasteiger partial charge in [-0.05, 0) is 31.2 Å². The summed E-state index contributed by atoms with van der Waals surface area (Å²) in [6.45, 7) is 4.40. The highest BCUT2D eigenvalue weighted by Gasteiger charge is 2.40. The molecule has 0 unspecified atom stereocenters. The fraction of sp³-hybridized carbons (Fsp3) is 0.500. The molecule has 0 aliphatic carbocycles. The summed E-state index contributed by atoms with van der Waals surface area (Å²) in [5.74, 6) is 1.55. The number of nitrogens with zero attached hydrogens (tertiary/aromatic N) is 2. The molecule has 3 heterocycles. The summed E-state index contributed by atoms with van der Waals surface area (Å²) in [6.07, 6.45) is 1.67. The average molecular weight is 372 g/mol. The van der Waals surface area contributed by atoms with Crippen molar-refractivity contribution in [3.05, 3.63) is 35.7 Å². The number of carbonyl (C=O) groups is 1. The molecule has 2 fully saturated rings. The molecule has 2 aliphatic rings. The first-order valence-electron chi connectivity index (χ1n) is 9.25. The number of methoxy groups -OCH3 is 1. The Morgan fingerprint density at radius 1 is 1.19 bits per heavy atom. The SMILES string of the molecule is COc1ccc(-c2nc(CC(=O)N3CCC4(CC3)OCCO4)c(C)o2)cc1. The van der Waals surface area contributed by atoms with Crippen LogP contribution >= 0.6 is 0 Å². The van der Waals surface area contributed by atoms with Crippen LogP contribution in [0.15, 0.2) is 28.7 Å². The predicted molar refractivity (Wildman–Crippen MR) is 97.4 cm³/mol. The van der Waals surface area contributed by atoms with E-state index in [1.54, 1.807) is 7.11 Å². The van der Waals surface area contributed by atoms with Gasteiger partial charge in [-0.2, -0.15) is 0 Å². The predicted octanol–water partition coefficient (Wildman–Crippen LogP) is 2.57. The fourth-order valence-electron chi connectivity index (χ4n) is 3.59. The lowest BCUT2D eigenvalue weighted by atomic mass is 10.0. The zero-order chi connectivity index (χ0) is 18.9. The number of carbonyl (C=O) groups excluding carboxylic acids is 1. The Kier molecular flexibility index (Phi) is 4.88. The molecule has 1 aromatic carbocycles. The number of ether oxygens (including phenoxy) is 3. The van der Waals surface area contributed by atoms with Gasteiger partial charge in [-0.3, -0.25) is 4.79 Å². The van der Waals surface area contributed by atoms with E-state index in [-0.39, 0.29) is 12.3 Å². The van der Waals surface area contributed by atoms with E-state index in [0.29, 0.717) is 56.5 Å². The lowest BCUT2D eigenvalue weighted by Gasteiger charge is -2.37. The van der Waals surface area contributed by atoms with Crippen LogP contribution in [0.1, 0.15) is 24.3 Å². The Morgan fingerprint density at radius 3 is 2.48 bits per heavy atom. The van der Waals surface area contributed by atoms with Crippen molar-refractivity contribution in [1.82, 2.24) is 9.88 Å². The Labute approximate surface area is 158 Å². The zero-order valence-corrected chi connectivity index (χ0v) is 15.7. The molecule has 144 valence electrons. The largest absolute Gasteiger partial charge is 0.497 e. The third kappa shape index (κ3) is 3.70. The molecule has 0 atom stereocenters. The van der Waals surface area contributed by atoms with Crippen LogP contribution in [0.4, 0.5) is 0 Å². The van der Waals surface area contributed by atoms with Crippen LogP contribution in [0, 0.1) is 6.92 Å². The Bertz CT molecular complexity index is 798. The average Bonchev–Trinajstić information content (AvgIpc) is 3.29. The molecule has 2 saturated heterocycles. The number of likely N-dealkylation sites (tertiary alicyclic amines) is 1.